The van der Waals surface area contributed by atoms with Gasteiger partial charge in [-0.05, 0) is 19.4 Å². The normalized spacial score (nSPS) is 14.9. The number of unbranched alkanes of at least 4 members (excludes halogenated alkanes) is 2. The van der Waals surface area contributed by atoms with E-state index in [1.807, 2.05) is 30.1 Å². The fraction of sp³-hybridized carbons (Fsp3) is 0.474. The van der Waals surface area contributed by atoms with Gasteiger partial charge in [0.05, 0.1) is 23.4 Å². The van der Waals surface area contributed by atoms with E-state index >= 15 is 0 Å². The van der Waals surface area contributed by atoms with Crippen LogP contribution in [0.2, 0.25) is 0 Å². The third-order valence-electron chi connectivity index (χ3n) is 5.59. The molecule has 4 aromatic rings. The van der Waals surface area contributed by atoms with E-state index in [-0.39, 0.29) is 5.56 Å². The Balaban J connectivity index is 1.66. The predicted molar refractivity (Wildman–Crippen MR) is 106 cm³/mol. The van der Waals surface area contributed by atoms with E-state index in [1.54, 1.807) is 4.40 Å². The summed E-state index contributed by atoms with van der Waals surface area (Å²) >= 11 is 0. The second-order valence-electron chi connectivity index (χ2n) is 7.51. The Kier molecular flexibility index (Phi) is 4.04. The number of H-pyrrole nitrogens is 1. The van der Waals surface area contributed by atoms with Crippen molar-refractivity contribution in [2.24, 2.45) is 0 Å². The van der Waals surface area contributed by atoms with Crippen LogP contribution in [-0.2, 0) is 6.54 Å². The van der Waals surface area contributed by atoms with Crippen LogP contribution in [0.5, 0.6) is 0 Å². The van der Waals surface area contributed by atoms with Crippen molar-refractivity contribution in [1.82, 2.24) is 39.2 Å². The largest absolute Gasteiger partial charge is 0.349 e. The second kappa shape index (κ2) is 6.59. The molecule has 1 aliphatic heterocycles. The van der Waals surface area contributed by atoms with Gasteiger partial charge in [-0.15, -0.1) is 10.2 Å². The molecule has 146 valence electrons. The molecule has 4 aromatic heterocycles. The minimum atomic E-state index is -0.110. The summed E-state index contributed by atoms with van der Waals surface area (Å²) in [4.78, 5) is 16.4. The lowest BCUT2D eigenvalue weighted by molar-refractivity contribution is 0.318. The van der Waals surface area contributed by atoms with Crippen LogP contribution in [-0.4, -0.2) is 47.0 Å². The molecular weight excluding hydrogens is 356 g/mol. The van der Waals surface area contributed by atoms with Gasteiger partial charge in [0.25, 0.3) is 5.56 Å². The van der Waals surface area contributed by atoms with E-state index < -0.39 is 0 Å². The van der Waals surface area contributed by atoms with Crippen LogP contribution >= 0.6 is 0 Å². The highest BCUT2D eigenvalue weighted by atomic mass is 16.1. The molecule has 0 aromatic carbocycles. The molecule has 0 amide bonds. The molecule has 5 heterocycles. The lowest BCUT2D eigenvalue weighted by Gasteiger charge is -2.27. The van der Waals surface area contributed by atoms with Crippen LogP contribution in [0.4, 0.5) is 0 Å². The van der Waals surface area contributed by atoms with E-state index in [0.29, 0.717) is 23.2 Å². The molecule has 0 spiro atoms. The Labute approximate surface area is 161 Å². The van der Waals surface area contributed by atoms with Crippen molar-refractivity contribution in [2.45, 2.75) is 45.7 Å². The predicted octanol–water partition coefficient (Wildman–Crippen LogP) is 1.88. The number of aromatic nitrogens is 7. The van der Waals surface area contributed by atoms with Crippen LogP contribution < -0.4 is 10.9 Å². The standard InChI is InChI=1S/C19H24N8O/c1-3-4-5-6-25-16-7-15(13-8-21-26(11-13)14-9-20-10-14)22-17(16)18(28)27-12(2)23-24-19(25)27/h7-8,11,14,20,22H,3-6,9-10H2,1-2H3. The van der Waals surface area contributed by atoms with E-state index in [4.69, 9.17) is 0 Å². The van der Waals surface area contributed by atoms with Crippen molar-refractivity contribution >= 4 is 16.8 Å². The van der Waals surface area contributed by atoms with Crippen molar-refractivity contribution in [1.29, 1.82) is 0 Å². The van der Waals surface area contributed by atoms with Gasteiger partial charge in [0, 0.05) is 31.4 Å². The summed E-state index contributed by atoms with van der Waals surface area (Å²) in [5, 5.41) is 16.2. The number of hydrogen-bond acceptors (Lipinski definition) is 5. The van der Waals surface area contributed by atoms with Gasteiger partial charge < -0.3 is 14.9 Å². The maximum atomic E-state index is 13.1. The fourth-order valence-corrected chi connectivity index (χ4v) is 3.84. The maximum absolute atomic E-state index is 13.1. The molecule has 1 saturated heterocycles. The summed E-state index contributed by atoms with van der Waals surface area (Å²) in [7, 11) is 0. The summed E-state index contributed by atoms with van der Waals surface area (Å²) in [5.41, 5.74) is 3.22. The second-order valence-corrected chi connectivity index (χ2v) is 7.51. The Morgan fingerprint density at radius 3 is 2.86 bits per heavy atom. The first-order valence-corrected chi connectivity index (χ1v) is 9.90. The number of hydrogen-bond donors (Lipinski definition) is 2. The lowest BCUT2D eigenvalue weighted by atomic mass is 10.2. The zero-order valence-electron chi connectivity index (χ0n) is 16.1. The highest BCUT2D eigenvalue weighted by Crippen LogP contribution is 2.25. The Bertz CT molecular complexity index is 1210. The van der Waals surface area contributed by atoms with Crippen molar-refractivity contribution in [3.8, 4) is 11.3 Å². The summed E-state index contributed by atoms with van der Waals surface area (Å²) in [6.45, 7) is 6.68. The number of fused-ring (bicyclic) bond motifs is 2. The zero-order valence-corrected chi connectivity index (χ0v) is 16.1. The molecule has 9 heteroatoms. The van der Waals surface area contributed by atoms with E-state index in [0.717, 1.165) is 55.7 Å². The van der Waals surface area contributed by atoms with Crippen LogP contribution in [0.3, 0.4) is 0 Å². The van der Waals surface area contributed by atoms with Crippen LogP contribution in [0.1, 0.15) is 38.1 Å². The number of aryl methyl sites for hydroxylation is 2. The molecule has 0 saturated carbocycles. The maximum Gasteiger partial charge on any atom is 0.284 e. The van der Waals surface area contributed by atoms with E-state index in [1.165, 1.54) is 0 Å². The van der Waals surface area contributed by atoms with Crippen molar-refractivity contribution < 1.29 is 0 Å². The third kappa shape index (κ3) is 2.57. The van der Waals surface area contributed by atoms with Gasteiger partial charge in [-0.25, -0.2) is 4.40 Å². The lowest BCUT2D eigenvalue weighted by Crippen LogP contribution is -2.43. The first kappa shape index (κ1) is 17.2. The monoisotopic (exact) mass is 380 g/mol. The van der Waals surface area contributed by atoms with Gasteiger partial charge in [-0.3, -0.25) is 9.48 Å². The summed E-state index contributed by atoms with van der Waals surface area (Å²) in [5.74, 6) is 1.21. The third-order valence-corrected chi connectivity index (χ3v) is 5.59. The van der Waals surface area contributed by atoms with Gasteiger partial charge in [0.2, 0.25) is 5.78 Å². The van der Waals surface area contributed by atoms with Gasteiger partial charge >= 0.3 is 0 Å². The molecule has 9 nitrogen and oxygen atoms in total. The minimum absolute atomic E-state index is 0.110. The zero-order chi connectivity index (χ0) is 19.3. The number of nitrogens with zero attached hydrogens (tertiary/aromatic N) is 6. The molecule has 0 bridgehead atoms. The first-order valence-electron chi connectivity index (χ1n) is 9.90. The quantitative estimate of drug-likeness (QED) is 0.498. The Morgan fingerprint density at radius 1 is 1.25 bits per heavy atom. The number of rotatable bonds is 6. The average Bonchev–Trinajstić information content (AvgIpc) is 3.35. The molecular formula is C19H24N8O. The smallest absolute Gasteiger partial charge is 0.284 e. The van der Waals surface area contributed by atoms with Gasteiger partial charge in [0.1, 0.15) is 11.3 Å². The number of aromatic amines is 1. The summed E-state index contributed by atoms with van der Waals surface area (Å²) in [6, 6.07) is 2.44. The number of nitrogens with one attached hydrogen (secondary N) is 2. The molecule has 0 atom stereocenters. The van der Waals surface area contributed by atoms with Crippen LogP contribution in [0.15, 0.2) is 23.3 Å². The van der Waals surface area contributed by atoms with E-state index in [2.05, 4.69) is 37.1 Å². The molecule has 1 aliphatic rings. The van der Waals surface area contributed by atoms with Crippen molar-refractivity contribution in [3.05, 3.63) is 34.6 Å². The highest BCUT2D eigenvalue weighted by Gasteiger charge is 2.21. The van der Waals surface area contributed by atoms with Crippen molar-refractivity contribution in [3.63, 3.8) is 0 Å². The van der Waals surface area contributed by atoms with E-state index in [9.17, 15) is 4.79 Å². The highest BCUT2D eigenvalue weighted by molar-refractivity contribution is 5.83. The fourth-order valence-electron chi connectivity index (χ4n) is 3.84. The molecule has 0 aliphatic carbocycles. The van der Waals surface area contributed by atoms with Gasteiger partial charge in [-0.1, -0.05) is 19.8 Å². The molecule has 0 radical (unpaired) electrons. The SMILES string of the molecule is CCCCCn1c2cc(-c3cnn(C4CNC4)c3)[nH]c2c(=O)n2c(C)nnc12. The molecule has 28 heavy (non-hydrogen) atoms. The first-order chi connectivity index (χ1) is 13.7. The van der Waals surface area contributed by atoms with Crippen LogP contribution in [0, 0.1) is 6.92 Å². The molecule has 5 rings (SSSR count). The van der Waals surface area contributed by atoms with Gasteiger partial charge in [0.15, 0.2) is 0 Å². The molecule has 2 N–H and O–H groups in total. The average molecular weight is 380 g/mol. The van der Waals surface area contributed by atoms with Crippen LogP contribution in [0.25, 0.3) is 28.1 Å². The Hall–Kier alpha value is -2.94. The minimum Gasteiger partial charge on any atom is -0.349 e. The van der Waals surface area contributed by atoms with Gasteiger partial charge in [-0.2, -0.15) is 5.10 Å². The summed E-state index contributed by atoms with van der Waals surface area (Å²) < 4.78 is 5.69. The Morgan fingerprint density at radius 2 is 2.11 bits per heavy atom. The molecule has 1 fully saturated rings. The summed E-state index contributed by atoms with van der Waals surface area (Å²) in [6.07, 6.45) is 7.20. The molecule has 0 unspecified atom stereocenters. The topological polar surface area (TPSA) is 97.8 Å². The van der Waals surface area contributed by atoms with Crippen molar-refractivity contribution in [2.75, 3.05) is 13.1 Å².